The summed E-state index contributed by atoms with van der Waals surface area (Å²) in [5, 5.41) is 17.5. The lowest BCUT2D eigenvalue weighted by molar-refractivity contribution is -0.116. The molecule has 0 unspecified atom stereocenters. The van der Waals surface area contributed by atoms with Crippen LogP contribution < -0.4 is 24.8 Å². The third-order valence-corrected chi connectivity index (χ3v) is 6.73. The molecule has 0 saturated heterocycles. The fourth-order valence-corrected chi connectivity index (χ4v) is 4.93. The molecule has 0 amide bonds. The first kappa shape index (κ1) is 22.7. The molecule has 0 bridgehead atoms. The van der Waals surface area contributed by atoms with E-state index in [-0.39, 0.29) is 28.9 Å². The summed E-state index contributed by atoms with van der Waals surface area (Å²) in [4.78, 5) is 13.7. The van der Waals surface area contributed by atoms with Gasteiger partial charge in [-0.25, -0.2) is 0 Å². The monoisotopic (exact) mass is 472 g/mol. The van der Waals surface area contributed by atoms with Crippen LogP contribution in [0.25, 0.3) is 0 Å². The Bertz CT molecular complexity index is 1270. The van der Waals surface area contributed by atoms with Gasteiger partial charge in [0, 0.05) is 17.7 Å². The van der Waals surface area contributed by atoms with Crippen molar-refractivity contribution in [3.63, 3.8) is 0 Å². The Kier molecular flexibility index (Phi) is 5.99. The number of Topliss-reactive ketones (excluding diaryl/α,β-unsaturated/α-hetero) is 1. The number of carbonyl (C=O) groups is 1. The number of aromatic hydroxyl groups is 1. The average molecular weight is 473 g/mol. The Hall–Kier alpha value is -4.13. The third-order valence-electron chi connectivity index (χ3n) is 6.73. The summed E-state index contributed by atoms with van der Waals surface area (Å²) in [5.41, 5.74) is 5.22. The standard InChI is InChI=1S/C28H28N2O5/c1-33-19-10-8-16(9-11-19)17-12-22-26(23(31)13-17)27(30-21-7-5-4-6-20(21)29-22)18-14-24(34-2)28(32)25(15-18)35-3/h4-11,14-15,17,27,29-30,32H,12-13H2,1-3H3/t17-,27-/m1/s1. The van der Waals surface area contributed by atoms with Crippen molar-refractivity contribution in [2.24, 2.45) is 0 Å². The zero-order valence-corrected chi connectivity index (χ0v) is 19.9. The number of anilines is 2. The molecule has 0 fully saturated rings. The lowest BCUT2D eigenvalue weighted by Gasteiger charge is -2.30. The van der Waals surface area contributed by atoms with Crippen molar-refractivity contribution in [3.8, 4) is 23.0 Å². The van der Waals surface area contributed by atoms with E-state index in [4.69, 9.17) is 14.2 Å². The quantitative estimate of drug-likeness (QED) is 0.458. The van der Waals surface area contributed by atoms with E-state index in [0.717, 1.165) is 33.9 Å². The van der Waals surface area contributed by atoms with Crippen LogP contribution in [0.15, 0.2) is 71.9 Å². The molecule has 1 aliphatic heterocycles. The number of hydrogen-bond donors (Lipinski definition) is 3. The minimum absolute atomic E-state index is 0.0504. The Morgan fingerprint density at radius 1 is 0.829 bits per heavy atom. The summed E-state index contributed by atoms with van der Waals surface area (Å²) in [6.45, 7) is 0. The number of hydrogen-bond acceptors (Lipinski definition) is 7. The third kappa shape index (κ3) is 4.14. The van der Waals surface area contributed by atoms with Gasteiger partial charge in [0.1, 0.15) is 5.75 Å². The number of phenolic OH excluding ortho intramolecular Hbond substituents is 1. The molecule has 2 atom stereocenters. The number of benzene rings is 3. The van der Waals surface area contributed by atoms with Crippen molar-refractivity contribution in [1.29, 1.82) is 0 Å². The fourth-order valence-electron chi connectivity index (χ4n) is 4.93. The smallest absolute Gasteiger partial charge is 0.200 e. The van der Waals surface area contributed by atoms with Gasteiger partial charge in [-0.2, -0.15) is 0 Å². The first-order chi connectivity index (χ1) is 17.0. The van der Waals surface area contributed by atoms with Crippen LogP contribution in [0.3, 0.4) is 0 Å². The summed E-state index contributed by atoms with van der Waals surface area (Å²) < 4.78 is 16.1. The molecule has 5 rings (SSSR count). The molecule has 0 saturated carbocycles. The zero-order chi connectivity index (χ0) is 24.5. The van der Waals surface area contributed by atoms with E-state index in [1.807, 2.05) is 48.5 Å². The van der Waals surface area contributed by atoms with E-state index < -0.39 is 6.04 Å². The molecule has 0 radical (unpaired) electrons. The molecule has 7 heteroatoms. The van der Waals surface area contributed by atoms with E-state index in [2.05, 4.69) is 10.6 Å². The summed E-state index contributed by atoms with van der Waals surface area (Å²) in [5.74, 6) is 1.40. The largest absolute Gasteiger partial charge is 0.502 e. The van der Waals surface area contributed by atoms with Crippen LogP contribution >= 0.6 is 0 Å². The minimum Gasteiger partial charge on any atom is -0.502 e. The van der Waals surface area contributed by atoms with E-state index in [0.29, 0.717) is 18.4 Å². The Morgan fingerprint density at radius 2 is 1.49 bits per heavy atom. The van der Waals surface area contributed by atoms with E-state index in [9.17, 15) is 9.90 Å². The topological polar surface area (TPSA) is 89.1 Å². The van der Waals surface area contributed by atoms with Crippen LogP contribution in [0.2, 0.25) is 0 Å². The van der Waals surface area contributed by atoms with Gasteiger partial charge < -0.3 is 30.0 Å². The lowest BCUT2D eigenvalue weighted by atomic mass is 9.78. The number of nitrogens with one attached hydrogen (secondary N) is 2. The maximum Gasteiger partial charge on any atom is 0.200 e. The minimum atomic E-state index is -0.450. The summed E-state index contributed by atoms with van der Waals surface area (Å²) in [6.07, 6.45) is 1.08. The molecule has 7 nitrogen and oxygen atoms in total. The van der Waals surface area contributed by atoms with Gasteiger partial charge in [-0.1, -0.05) is 24.3 Å². The van der Waals surface area contributed by atoms with Gasteiger partial charge in [-0.15, -0.1) is 0 Å². The number of allylic oxidation sites excluding steroid dienone is 1. The number of methoxy groups -OCH3 is 3. The number of rotatable bonds is 5. The highest BCUT2D eigenvalue weighted by Gasteiger charge is 2.36. The molecule has 1 aliphatic carbocycles. The SMILES string of the molecule is COc1ccc([C@H]2CC(=O)C3=C(C2)Nc2ccccc2N[C@@H]3c2cc(OC)c(O)c(OC)c2)cc1. The van der Waals surface area contributed by atoms with Crippen LogP contribution in [0.4, 0.5) is 11.4 Å². The predicted molar refractivity (Wildman–Crippen MR) is 135 cm³/mol. The number of ketones is 1. The molecule has 3 aromatic rings. The summed E-state index contributed by atoms with van der Waals surface area (Å²) in [6, 6.07) is 18.8. The maximum absolute atomic E-state index is 13.7. The summed E-state index contributed by atoms with van der Waals surface area (Å²) >= 11 is 0. The lowest BCUT2D eigenvalue weighted by Crippen LogP contribution is -2.27. The number of carbonyl (C=O) groups excluding carboxylic acids is 1. The second kappa shape index (κ2) is 9.25. The highest BCUT2D eigenvalue weighted by Crippen LogP contribution is 2.47. The van der Waals surface area contributed by atoms with Crippen molar-refractivity contribution in [3.05, 3.63) is 83.1 Å². The molecule has 180 valence electrons. The maximum atomic E-state index is 13.7. The number of fused-ring (bicyclic) bond motifs is 1. The molecule has 0 aromatic heterocycles. The van der Waals surface area contributed by atoms with Crippen LogP contribution in [0, 0.1) is 0 Å². The summed E-state index contributed by atoms with van der Waals surface area (Å²) in [7, 11) is 4.63. The van der Waals surface area contributed by atoms with E-state index in [1.165, 1.54) is 14.2 Å². The van der Waals surface area contributed by atoms with Crippen molar-refractivity contribution in [2.45, 2.75) is 24.8 Å². The molecule has 0 spiro atoms. The number of para-hydroxylation sites is 2. The zero-order valence-electron chi connectivity index (χ0n) is 19.9. The van der Waals surface area contributed by atoms with Crippen LogP contribution in [-0.4, -0.2) is 32.2 Å². The van der Waals surface area contributed by atoms with Gasteiger partial charge >= 0.3 is 0 Å². The highest BCUT2D eigenvalue weighted by molar-refractivity contribution is 6.01. The van der Waals surface area contributed by atoms with Crippen molar-refractivity contribution in [2.75, 3.05) is 32.0 Å². The van der Waals surface area contributed by atoms with Gasteiger partial charge in [0.05, 0.1) is 38.7 Å². The second-order valence-corrected chi connectivity index (χ2v) is 8.72. The molecule has 2 aliphatic rings. The molecular formula is C28H28N2O5. The Balaban J connectivity index is 1.62. The fraction of sp³-hybridized carbons (Fsp3) is 0.250. The van der Waals surface area contributed by atoms with Crippen LogP contribution in [-0.2, 0) is 4.79 Å². The van der Waals surface area contributed by atoms with Gasteiger partial charge in [-0.3, -0.25) is 4.79 Å². The normalized spacial score (nSPS) is 19.0. The van der Waals surface area contributed by atoms with Crippen molar-refractivity contribution >= 4 is 17.2 Å². The van der Waals surface area contributed by atoms with Crippen LogP contribution in [0.5, 0.6) is 23.0 Å². The highest BCUT2D eigenvalue weighted by atomic mass is 16.5. The molecular weight excluding hydrogens is 444 g/mol. The molecule has 3 aromatic carbocycles. The van der Waals surface area contributed by atoms with Crippen molar-refractivity contribution in [1.82, 2.24) is 0 Å². The Labute approximate surface area is 204 Å². The first-order valence-corrected chi connectivity index (χ1v) is 11.5. The van der Waals surface area contributed by atoms with Crippen molar-refractivity contribution < 1.29 is 24.1 Å². The van der Waals surface area contributed by atoms with E-state index >= 15 is 0 Å². The molecule has 3 N–H and O–H groups in total. The predicted octanol–water partition coefficient (Wildman–Crippen LogP) is 5.40. The average Bonchev–Trinajstić information content (AvgIpc) is 3.06. The number of phenols is 1. The van der Waals surface area contributed by atoms with Gasteiger partial charge in [-0.05, 0) is 59.9 Å². The Morgan fingerprint density at radius 3 is 2.11 bits per heavy atom. The molecule has 35 heavy (non-hydrogen) atoms. The molecule has 1 heterocycles. The first-order valence-electron chi connectivity index (χ1n) is 11.5. The second-order valence-electron chi connectivity index (χ2n) is 8.72. The number of ether oxygens (including phenoxy) is 3. The van der Waals surface area contributed by atoms with E-state index in [1.54, 1.807) is 19.2 Å². The van der Waals surface area contributed by atoms with Crippen LogP contribution in [0.1, 0.15) is 35.9 Å². The van der Waals surface area contributed by atoms with Gasteiger partial charge in [0.25, 0.3) is 0 Å². The van der Waals surface area contributed by atoms with Gasteiger partial charge in [0.2, 0.25) is 5.75 Å². The van der Waals surface area contributed by atoms with Gasteiger partial charge in [0.15, 0.2) is 17.3 Å².